The molecular weight excluding hydrogens is 404 g/mol. The molecule has 0 bridgehead atoms. The first-order valence-electron chi connectivity index (χ1n) is 8.25. The Kier molecular flexibility index (Phi) is 7.61. The van der Waals surface area contributed by atoms with Gasteiger partial charge >= 0.3 is 5.97 Å². The molecule has 2 amide bonds. The number of halogens is 1. The summed E-state index contributed by atoms with van der Waals surface area (Å²) < 4.78 is 10.3. The maximum atomic E-state index is 12.3. The zero-order valence-corrected chi connectivity index (χ0v) is 16.4. The number of hydrogen-bond acceptors (Lipinski definition) is 7. The zero-order valence-electron chi connectivity index (χ0n) is 15.6. The standard InChI is InChI=1S/C18H19ClN4O6/c1-28-14-6-15(29-2)12(5-11(14)19)23-16(24)8-21-13-7-20-4-3-10(13)18(27)22-9-17(25)26/h3-7,21H,8-9H2,1-2H3,(H,22,27)(H,23,24)(H,25,26). The van der Waals surface area contributed by atoms with Crippen molar-refractivity contribution in [2.24, 2.45) is 0 Å². The van der Waals surface area contributed by atoms with Gasteiger partial charge in [-0.05, 0) is 12.1 Å². The van der Waals surface area contributed by atoms with Crippen LogP contribution in [0.3, 0.4) is 0 Å². The number of methoxy groups -OCH3 is 2. The predicted octanol–water partition coefficient (Wildman–Crippen LogP) is 1.62. The van der Waals surface area contributed by atoms with E-state index in [2.05, 4.69) is 20.9 Å². The van der Waals surface area contributed by atoms with Gasteiger partial charge in [0.05, 0.1) is 48.9 Å². The van der Waals surface area contributed by atoms with E-state index in [1.165, 1.54) is 44.8 Å². The lowest BCUT2D eigenvalue weighted by molar-refractivity contribution is -0.135. The number of ether oxygens (including phenoxy) is 2. The van der Waals surface area contributed by atoms with Gasteiger partial charge in [0, 0.05) is 12.3 Å². The highest BCUT2D eigenvalue weighted by atomic mass is 35.5. The lowest BCUT2D eigenvalue weighted by Crippen LogP contribution is -2.30. The number of carbonyl (C=O) groups is 3. The van der Waals surface area contributed by atoms with Crippen molar-refractivity contribution in [2.75, 3.05) is 37.9 Å². The molecule has 0 fully saturated rings. The number of benzene rings is 1. The molecule has 0 atom stereocenters. The molecule has 2 aromatic rings. The maximum absolute atomic E-state index is 12.3. The average Bonchev–Trinajstić information content (AvgIpc) is 2.71. The second kappa shape index (κ2) is 10.1. The van der Waals surface area contributed by atoms with E-state index in [0.29, 0.717) is 22.2 Å². The maximum Gasteiger partial charge on any atom is 0.322 e. The van der Waals surface area contributed by atoms with Gasteiger partial charge in [-0.15, -0.1) is 0 Å². The monoisotopic (exact) mass is 422 g/mol. The number of carboxylic acids is 1. The molecule has 0 saturated heterocycles. The Balaban J connectivity index is 2.06. The highest BCUT2D eigenvalue weighted by Crippen LogP contribution is 2.35. The van der Waals surface area contributed by atoms with Crippen molar-refractivity contribution in [3.8, 4) is 11.5 Å². The van der Waals surface area contributed by atoms with E-state index in [1.54, 1.807) is 0 Å². The second-order valence-electron chi connectivity index (χ2n) is 5.59. The number of carboxylic acid groups (broad SMARTS) is 1. The van der Waals surface area contributed by atoms with Gasteiger partial charge < -0.3 is 30.5 Å². The van der Waals surface area contributed by atoms with E-state index >= 15 is 0 Å². The Hall–Kier alpha value is -3.53. The van der Waals surface area contributed by atoms with Gasteiger partial charge in [0.2, 0.25) is 5.91 Å². The molecule has 29 heavy (non-hydrogen) atoms. The molecule has 0 radical (unpaired) electrons. The van der Waals surface area contributed by atoms with Crippen molar-refractivity contribution in [2.45, 2.75) is 0 Å². The lowest BCUT2D eigenvalue weighted by atomic mass is 10.2. The van der Waals surface area contributed by atoms with E-state index in [9.17, 15) is 14.4 Å². The Morgan fingerprint density at radius 1 is 1.10 bits per heavy atom. The van der Waals surface area contributed by atoms with Gasteiger partial charge in [0.1, 0.15) is 18.0 Å². The first-order valence-corrected chi connectivity index (χ1v) is 8.62. The van der Waals surface area contributed by atoms with Crippen LogP contribution < -0.4 is 25.4 Å². The van der Waals surface area contributed by atoms with Crippen molar-refractivity contribution in [1.29, 1.82) is 0 Å². The third-order valence-corrected chi connectivity index (χ3v) is 3.95. The van der Waals surface area contributed by atoms with Gasteiger partial charge in [-0.1, -0.05) is 11.6 Å². The summed E-state index contributed by atoms with van der Waals surface area (Å²) in [7, 11) is 2.90. The summed E-state index contributed by atoms with van der Waals surface area (Å²) in [6.07, 6.45) is 2.74. The molecule has 2 rings (SSSR count). The zero-order chi connectivity index (χ0) is 21.4. The summed E-state index contributed by atoms with van der Waals surface area (Å²) in [5, 5.41) is 16.7. The molecule has 0 spiro atoms. The van der Waals surface area contributed by atoms with E-state index in [4.69, 9.17) is 26.2 Å². The van der Waals surface area contributed by atoms with Crippen LogP contribution in [0, 0.1) is 0 Å². The van der Waals surface area contributed by atoms with Gasteiger partial charge in [-0.3, -0.25) is 19.4 Å². The van der Waals surface area contributed by atoms with Gasteiger partial charge in [0.15, 0.2) is 0 Å². The number of nitrogens with zero attached hydrogens (tertiary/aromatic N) is 1. The Morgan fingerprint density at radius 3 is 2.48 bits per heavy atom. The molecule has 154 valence electrons. The van der Waals surface area contributed by atoms with Crippen LogP contribution in [0.2, 0.25) is 5.02 Å². The Morgan fingerprint density at radius 2 is 1.83 bits per heavy atom. The average molecular weight is 423 g/mol. The number of carbonyl (C=O) groups excluding carboxylic acids is 2. The molecule has 10 nitrogen and oxygen atoms in total. The fourth-order valence-electron chi connectivity index (χ4n) is 2.31. The highest BCUT2D eigenvalue weighted by Gasteiger charge is 2.15. The largest absolute Gasteiger partial charge is 0.495 e. The Bertz CT molecular complexity index is 921. The van der Waals surface area contributed by atoms with E-state index in [1.807, 2.05) is 0 Å². The summed E-state index contributed by atoms with van der Waals surface area (Å²) in [6, 6.07) is 4.44. The third-order valence-electron chi connectivity index (χ3n) is 3.65. The number of anilines is 2. The summed E-state index contributed by atoms with van der Waals surface area (Å²) in [6.45, 7) is -0.725. The smallest absolute Gasteiger partial charge is 0.322 e. The molecular formula is C18H19ClN4O6. The fraction of sp³-hybridized carbons (Fsp3) is 0.222. The van der Waals surface area contributed by atoms with E-state index in [0.717, 1.165) is 0 Å². The van der Waals surface area contributed by atoms with Crippen LogP contribution in [-0.4, -0.2) is 55.2 Å². The molecule has 11 heteroatoms. The van der Waals surface area contributed by atoms with Crippen molar-refractivity contribution in [3.63, 3.8) is 0 Å². The number of rotatable bonds is 9. The normalized spacial score (nSPS) is 10.0. The molecule has 0 saturated carbocycles. The molecule has 4 N–H and O–H groups in total. The summed E-state index contributed by atoms with van der Waals surface area (Å²) >= 11 is 6.08. The minimum Gasteiger partial charge on any atom is -0.495 e. The minimum absolute atomic E-state index is 0.152. The van der Waals surface area contributed by atoms with Gasteiger partial charge in [-0.25, -0.2) is 0 Å². The minimum atomic E-state index is -1.17. The SMILES string of the molecule is COc1cc(OC)c(NC(=O)CNc2cnccc2C(=O)NCC(=O)O)cc1Cl. The van der Waals surface area contributed by atoms with Crippen molar-refractivity contribution in [1.82, 2.24) is 10.3 Å². The number of nitrogens with one attached hydrogen (secondary N) is 3. The van der Waals surface area contributed by atoms with E-state index in [-0.39, 0.29) is 17.8 Å². The molecule has 1 aromatic heterocycles. The second-order valence-corrected chi connectivity index (χ2v) is 5.99. The van der Waals surface area contributed by atoms with Crippen LogP contribution in [0.1, 0.15) is 10.4 Å². The molecule has 1 aromatic carbocycles. The number of hydrogen-bond donors (Lipinski definition) is 4. The van der Waals surface area contributed by atoms with Gasteiger partial charge in [-0.2, -0.15) is 0 Å². The van der Waals surface area contributed by atoms with Crippen molar-refractivity contribution < 1.29 is 29.0 Å². The quantitative estimate of drug-likeness (QED) is 0.478. The van der Waals surface area contributed by atoms with Crippen LogP contribution in [0.4, 0.5) is 11.4 Å². The first-order chi connectivity index (χ1) is 13.8. The summed E-state index contributed by atoms with van der Waals surface area (Å²) in [4.78, 5) is 38.9. The Labute approximate surface area is 171 Å². The van der Waals surface area contributed by atoms with Crippen LogP contribution >= 0.6 is 11.6 Å². The predicted molar refractivity (Wildman–Crippen MR) is 106 cm³/mol. The highest BCUT2D eigenvalue weighted by molar-refractivity contribution is 6.32. The van der Waals surface area contributed by atoms with Crippen molar-refractivity contribution >= 4 is 40.8 Å². The summed E-state index contributed by atoms with van der Waals surface area (Å²) in [5.41, 5.74) is 0.764. The topological polar surface area (TPSA) is 139 Å². The van der Waals surface area contributed by atoms with Crippen LogP contribution in [0.15, 0.2) is 30.6 Å². The molecule has 1 heterocycles. The third kappa shape index (κ3) is 5.98. The summed E-state index contributed by atoms with van der Waals surface area (Å²) in [5.74, 6) is -1.47. The number of amides is 2. The molecule has 0 aliphatic rings. The molecule has 0 aliphatic carbocycles. The first kappa shape index (κ1) is 21.8. The van der Waals surface area contributed by atoms with E-state index < -0.39 is 24.3 Å². The molecule has 0 unspecified atom stereocenters. The molecule has 0 aliphatic heterocycles. The fourth-order valence-corrected chi connectivity index (χ4v) is 2.55. The van der Waals surface area contributed by atoms with Crippen LogP contribution in [0.25, 0.3) is 0 Å². The number of pyridine rings is 1. The van der Waals surface area contributed by atoms with Crippen LogP contribution in [0.5, 0.6) is 11.5 Å². The number of aromatic nitrogens is 1. The van der Waals surface area contributed by atoms with Crippen LogP contribution in [-0.2, 0) is 9.59 Å². The van der Waals surface area contributed by atoms with Gasteiger partial charge in [0.25, 0.3) is 5.91 Å². The number of aliphatic carboxylic acids is 1. The van der Waals surface area contributed by atoms with Crippen molar-refractivity contribution in [3.05, 3.63) is 41.2 Å². The lowest BCUT2D eigenvalue weighted by Gasteiger charge is -2.14.